The highest BCUT2D eigenvalue weighted by atomic mass is 32.2. The van der Waals surface area contributed by atoms with Crippen molar-refractivity contribution < 1.29 is 23.1 Å². The van der Waals surface area contributed by atoms with E-state index < -0.39 is 20.6 Å². The minimum absolute atomic E-state index is 0.199. The Morgan fingerprint density at radius 3 is 2.67 bits per heavy atom. The van der Waals surface area contributed by atoms with Crippen molar-refractivity contribution in [2.24, 2.45) is 0 Å². The van der Waals surface area contributed by atoms with Gasteiger partial charge in [-0.1, -0.05) is 16.4 Å². The Bertz CT molecular complexity index is 930. The molecule has 0 atom stereocenters. The summed E-state index contributed by atoms with van der Waals surface area (Å²) >= 11 is 0. The second kappa shape index (κ2) is 6.33. The lowest BCUT2D eigenvalue weighted by atomic mass is 10.2. The number of carboxylic acids is 1. The van der Waals surface area contributed by atoms with Gasteiger partial charge in [0.15, 0.2) is 0 Å². The minimum Gasteiger partial charge on any atom is -0.476 e. The number of hydrogen-bond donors (Lipinski definition) is 2. The van der Waals surface area contributed by atoms with Crippen LogP contribution in [-0.2, 0) is 9.84 Å². The van der Waals surface area contributed by atoms with Crippen LogP contribution in [0.25, 0.3) is 0 Å². The van der Waals surface area contributed by atoms with Crippen molar-refractivity contribution >= 4 is 15.8 Å². The molecule has 0 aliphatic rings. The predicted molar refractivity (Wildman–Crippen MR) is 85.4 cm³/mol. The molecule has 0 aliphatic heterocycles. The van der Waals surface area contributed by atoms with Gasteiger partial charge in [0.1, 0.15) is 5.75 Å². The van der Waals surface area contributed by atoms with Crippen molar-refractivity contribution in [3.8, 4) is 22.8 Å². The first-order valence-electron chi connectivity index (χ1n) is 6.80. The van der Waals surface area contributed by atoms with Crippen molar-refractivity contribution in [1.29, 1.82) is 0 Å². The third kappa shape index (κ3) is 3.91. The molecule has 2 N–H and O–H groups in total. The number of hydrogen-bond acceptors (Lipinski definition) is 6. The fourth-order valence-corrected chi connectivity index (χ4v) is 2.02. The largest absolute Gasteiger partial charge is 0.476 e. The molecule has 0 aliphatic carbocycles. The Morgan fingerprint density at radius 1 is 1.33 bits per heavy atom. The molecule has 0 saturated heterocycles. The summed E-state index contributed by atoms with van der Waals surface area (Å²) in [6.45, 7) is 4.69. The predicted octanol–water partition coefficient (Wildman–Crippen LogP) is 1.82. The van der Waals surface area contributed by atoms with Crippen LogP contribution < -0.4 is 4.74 Å². The molecule has 0 radical (unpaired) electrons. The molecule has 8 nitrogen and oxygen atoms in total. The summed E-state index contributed by atoms with van der Waals surface area (Å²) in [5, 5.41) is 20.3. The van der Waals surface area contributed by atoms with E-state index in [0.717, 1.165) is 0 Å². The Hall–Kier alpha value is -2.86. The van der Waals surface area contributed by atoms with Crippen LogP contribution in [-0.4, -0.2) is 39.7 Å². The number of nitrogens with one attached hydrogen (secondary N) is 1. The number of carbonyl (C=O) groups is 1. The van der Waals surface area contributed by atoms with Gasteiger partial charge in [0.05, 0.1) is 4.75 Å². The van der Waals surface area contributed by atoms with Gasteiger partial charge >= 0.3 is 5.97 Å². The monoisotopic (exact) mass is 349 g/mol. The van der Waals surface area contributed by atoms with Crippen molar-refractivity contribution in [3.63, 3.8) is 0 Å². The van der Waals surface area contributed by atoms with Gasteiger partial charge in [0, 0.05) is 10.8 Å². The van der Waals surface area contributed by atoms with E-state index in [9.17, 15) is 13.2 Å². The zero-order valence-corrected chi connectivity index (χ0v) is 14.0. The first kappa shape index (κ1) is 17.5. The second-order valence-electron chi connectivity index (χ2n) is 5.77. The summed E-state index contributed by atoms with van der Waals surface area (Å²) in [5.74, 6) is 1.37. The molecule has 1 heterocycles. The summed E-state index contributed by atoms with van der Waals surface area (Å²) in [6.07, 6.45) is 0. The van der Waals surface area contributed by atoms with Gasteiger partial charge in [0.25, 0.3) is 5.88 Å². The highest BCUT2D eigenvalue weighted by molar-refractivity contribution is 7.97. The highest BCUT2D eigenvalue weighted by Crippen LogP contribution is 2.22. The second-order valence-corrected chi connectivity index (χ2v) is 8.21. The average Bonchev–Trinajstić information content (AvgIpc) is 2.93. The van der Waals surface area contributed by atoms with E-state index in [4.69, 9.17) is 9.84 Å². The van der Waals surface area contributed by atoms with Gasteiger partial charge in [-0.15, -0.1) is 0 Å². The lowest BCUT2D eigenvalue weighted by Gasteiger charge is -2.13. The standard InChI is InChI=1S/C15H15N3O5S/c1-15(2,3)24(21,22)8-7-10-5-4-6-11(9-10)23-13-12(14(19)20)16-18-17-13/h4-6,9H,1-3H3,(H,19,20)(H,16,17,18). The van der Waals surface area contributed by atoms with Crippen LogP contribution in [0.1, 0.15) is 36.8 Å². The Labute approximate surface area is 138 Å². The third-order valence-corrected chi connectivity index (χ3v) is 4.90. The number of sulfone groups is 1. The maximum Gasteiger partial charge on any atom is 0.359 e. The molecule has 0 spiro atoms. The molecule has 2 aromatic rings. The molecule has 1 aromatic carbocycles. The first-order chi connectivity index (χ1) is 11.1. The average molecular weight is 349 g/mol. The smallest absolute Gasteiger partial charge is 0.359 e. The number of nitrogens with zero attached hydrogens (tertiary/aromatic N) is 2. The molecule has 0 fully saturated rings. The number of carboxylic acid groups (broad SMARTS) is 1. The normalized spacial score (nSPS) is 11.5. The summed E-state index contributed by atoms with van der Waals surface area (Å²) in [4.78, 5) is 11.0. The van der Waals surface area contributed by atoms with E-state index in [-0.39, 0.29) is 17.3 Å². The van der Waals surface area contributed by atoms with E-state index in [1.807, 2.05) is 0 Å². The summed E-state index contributed by atoms with van der Waals surface area (Å²) < 4.78 is 28.4. The lowest BCUT2D eigenvalue weighted by molar-refractivity contribution is 0.0687. The quantitative estimate of drug-likeness (QED) is 0.810. The van der Waals surface area contributed by atoms with Gasteiger partial charge < -0.3 is 9.84 Å². The van der Waals surface area contributed by atoms with Crippen LogP contribution >= 0.6 is 0 Å². The molecule has 0 amide bonds. The summed E-state index contributed by atoms with van der Waals surface area (Å²) in [6, 6.07) is 6.25. The SMILES string of the molecule is CC(C)(C)S(=O)(=O)C#Cc1cccc(Oc2nn[nH]c2C(=O)O)c1. The van der Waals surface area contributed by atoms with E-state index in [1.54, 1.807) is 39.0 Å². The number of aromatic nitrogens is 3. The molecule has 0 bridgehead atoms. The first-order valence-corrected chi connectivity index (χ1v) is 8.28. The van der Waals surface area contributed by atoms with Crippen LogP contribution in [0.15, 0.2) is 24.3 Å². The zero-order chi connectivity index (χ0) is 18.0. The van der Waals surface area contributed by atoms with Gasteiger partial charge in [-0.25, -0.2) is 18.3 Å². The summed E-state index contributed by atoms with van der Waals surface area (Å²) in [7, 11) is -3.58. The van der Waals surface area contributed by atoms with Gasteiger partial charge in [-0.05, 0) is 44.9 Å². The third-order valence-electron chi connectivity index (χ3n) is 2.91. The Kier molecular flexibility index (Phi) is 4.61. The molecular weight excluding hydrogens is 334 g/mol. The molecule has 2 rings (SSSR count). The molecule has 0 unspecified atom stereocenters. The van der Waals surface area contributed by atoms with Crippen LogP contribution in [0.4, 0.5) is 0 Å². The summed E-state index contributed by atoms with van der Waals surface area (Å²) in [5.41, 5.74) is 0.113. The van der Waals surface area contributed by atoms with Gasteiger partial charge in [0.2, 0.25) is 15.5 Å². The van der Waals surface area contributed by atoms with Gasteiger partial charge in [-0.2, -0.15) is 0 Å². The number of ether oxygens (including phenoxy) is 1. The topological polar surface area (TPSA) is 122 Å². The van der Waals surface area contributed by atoms with E-state index in [1.165, 1.54) is 6.07 Å². The van der Waals surface area contributed by atoms with Crippen molar-refractivity contribution in [2.45, 2.75) is 25.5 Å². The number of benzene rings is 1. The fraction of sp³-hybridized carbons (Fsp3) is 0.267. The minimum atomic E-state index is -3.58. The number of H-pyrrole nitrogens is 1. The molecule has 1 aromatic heterocycles. The number of aromatic carboxylic acids is 1. The van der Waals surface area contributed by atoms with Crippen LogP contribution in [0.5, 0.6) is 11.6 Å². The van der Waals surface area contributed by atoms with Gasteiger partial charge in [-0.3, -0.25) is 0 Å². The van der Waals surface area contributed by atoms with Crippen molar-refractivity contribution in [3.05, 3.63) is 35.5 Å². The molecule has 9 heteroatoms. The van der Waals surface area contributed by atoms with E-state index in [0.29, 0.717) is 5.56 Å². The Balaban J connectivity index is 2.28. The van der Waals surface area contributed by atoms with E-state index >= 15 is 0 Å². The fourth-order valence-electron chi connectivity index (χ4n) is 1.46. The number of aromatic amines is 1. The van der Waals surface area contributed by atoms with Crippen molar-refractivity contribution in [1.82, 2.24) is 15.4 Å². The van der Waals surface area contributed by atoms with E-state index in [2.05, 4.69) is 26.6 Å². The lowest BCUT2D eigenvalue weighted by Crippen LogP contribution is -2.25. The molecule has 126 valence electrons. The van der Waals surface area contributed by atoms with Crippen molar-refractivity contribution in [2.75, 3.05) is 0 Å². The zero-order valence-electron chi connectivity index (χ0n) is 13.2. The van der Waals surface area contributed by atoms with Crippen LogP contribution in [0, 0.1) is 11.2 Å². The maximum atomic E-state index is 12.0. The molecular formula is C15H15N3O5S. The Morgan fingerprint density at radius 2 is 2.04 bits per heavy atom. The number of rotatable bonds is 3. The van der Waals surface area contributed by atoms with Crippen LogP contribution in [0.3, 0.4) is 0 Å². The maximum absolute atomic E-state index is 12.0. The molecule has 0 saturated carbocycles. The highest BCUT2D eigenvalue weighted by Gasteiger charge is 2.26. The van der Waals surface area contributed by atoms with Crippen LogP contribution in [0.2, 0.25) is 0 Å². The molecule has 24 heavy (non-hydrogen) atoms.